The number of hydrogen-bond donors (Lipinski definition) is 2. The molecule has 0 aliphatic heterocycles. The quantitative estimate of drug-likeness (QED) is 0.762. The molecule has 2 rings (SSSR count). The van der Waals surface area contributed by atoms with Gasteiger partial charge in [0.2, 0.25) is 5.91 Å². The number of carbonyl (C=O) groups is 1. The molecule has 92 valence electrons. The normalized spacial score (nSPS) is 16.5. The van der Waals surface area contributed by atoms with Crippen LogP contribution in [0.4, 0.5) is 0 Å². The van der Waals surface area contributed by atoms with E-state index in [1.165, 1.54) is 0 Å². The zero-order chi connectivity index (χ0) is 12.1. The van der Waals surface area contributed by atoms with Crippen LogP contribution >= 0.6 is 0 Å². The Hall–Kier alpha value is -1.42. The molecule has 0 radical (unpaired) electrons. The van der Waals surface area contributed by atoms with Gasteiger partial charge in [0.05, 0.1) is 5.41 Å². The van der Waals surface area contributed by atoms with Gasteiger partial charge < -0.3 is 10.6 Å². The van der Waals surface area contributed by atoms with Crippen LogP contribution in [0.3, 0.4) is 0 Å². The summed E-state index contributed by atoms with van der Waals surface area (Å²) in [5, 5.41) is 6.09. The SMILES string of the molecule is CNCC1(C(=O)NCCc2ccccn2)CC1. The van der Waals surface area contributed by atoms with E-state index >= 15 is 0 Å². The van der Waals surface area contributed by atoms with Gasteiger partial charge in [0.25, 0.3) is 0 Å². The highest BCUT2D eigenvalue weighted by Crippen LogP contribution is 2.45. The second-order valence-corrected chi connectivity index (χ2v) is 4.64. The highest BCUT2D eigenvalue weighted by Gasteiger charge is 2.48. The van der Waals surface area contributed by atoms with Crippen LogP contribution in [0.15, 0.2) is 24.4 Å². The van der Waals surface area contributed by atoms with Crippen LogP contribution < -0.4 is 10.6 Å². The third-order valence-corrected chi connectivity index (χ3v) is 3.24. The lowest BCUT2D eigenvalue weighted by Crippen LogP contribution is -2.38. The molecule has 0 bridgehead atoms. The van der Waals surface area contributed by atoms with E-state index in [2.05, 4.69) is 15.6 Å². The molecule has 1 heterocycles. The Kier molecular flexibility index (Phi) is 3.74. The van der Waals surface area contributed by atoms with Crippen LogP contribution in [0.2, 0.25) is 0 Å². The summed E-state index contributed by atoms with van der Waals surface area (Å²) in [6, 6.07) is 5.84. The smallest absolute Gasteiger partial charge is 0.227 e. The first kappa shape index (κ1) is 12.0. The molecule has 1 aromatic rings. The van der Waals surface area contributed by atoms with Gasteiger partial charge in [-0.1, -0.05) is 6.07 Å². The third-order valence-electron chi connectivity index (χ3n) is 3.24. The lowest BCUT2D eigenvalue weighted by Gasteiger charge is -2.14. The molecule has 4 heteroatoms. The van der Waals surface area contributed by atoms with Crippen molar-refractivity contribution in [3.8, 4) is 0 Å². The molecule has 0 saturated heterocycles. The van der Waals surface area contributed by atoms with Gasteiger partial charge in [0, 0.05) is 31.4 Å². The molecule has 1 fully saturated rings. The van der Waals surface area contributed by atoms with Crippen molar-refractivity contribution in [3.63, 3.8) is 0 Å². The summed E-state index contributed by atoms with van der Waals surface area (Å²) in [6.45, 7) is 1.45. The van der Waals surface area contributed by atoms with E-state index in [4.69, 9.17) is 0 Å². The maximum Gasteiger partial charge on any atom is 0.227 e. The van der Waals surface area contributed by atoms with Crippen molar-refractivity contribution >= 4 is 5.91 Å². The summed E-state index contributed by atoms with van der Waals surface area (Å²) in [6.07, 6.45) is 4.58. The van der Waals surface area contributed by atoms with E-state index in [1.54, 1.807) is 6.20 Å². The van der Waals surface area contributed by atoms with Crippen LogP contribution in [0.5, 0.6) is 0 Å². The van der Waals surface area contributed by atoms with Crippen LogP contribution in [0.25, 0.3) is 0 Å². The zero-order valence-corrected chi connectivity index (χ0v) is 10.2. The summed E-state index contributed by atoms with van der Waals surface area (Å²) in [7, 11) is 1.89. The number of pyridine rings is 1. The number of rotatable bonds is 6. The van der Waals surface area contributed by atoms with E-state index in [9.17, 15) is 4.79 Å². The lowest BCUT2D eigenvalue weighted by atomic mass is 10.1. The number of nitrogens with one attached hydrogen (secondary N) is 2. The number of aromatic nitrogens is 1. The van der Waals surface area contributed by atoms with Gasteiger partial charge in [0.15, 0.2) is 0 Å². The predicted molar refractivity (Wildman–Crippen MR) is 66.5 cm³/mol. The minimum Gasteiger partial charge on any atom is -0.355 e. The summed E-state index contributed by atoms with van der Waals surface area (Å²) < 4.78 is 0. The molecule has 1 aromatic heterocycles. The minimum atomic E-state index is -0.126. The minimum absolute atomic E-state index is 0.126. The summed E-state index contributed by atoms with van der Waals surface area (Å²) in [4.78, 5) is 16.2. The fourth-order valence-corrected chi connectivity index (χ4v) is 2.01. The van der Waals surface area contributed by atoms with Crippen molar-refractivity contribution in [2.24, 2.45) is 5.41 Å². The van der Waals surface area contributed by atoms with Crippen molar-refractivity contribution < 1.29 is 4.79 Å². The second kappa shape index (κ2) is 5.27. The lowest BCUT2D eigenvalue weighted by molar-refractivity contribution is -0.126. The van der Waals surface area contributed by atoms with Gasteiger partial charge in [-0.05, 0) is 32.0 Å². The molecule has 1 amide bonds. The molecule has 1 aliphatic carbocycles. The fourth-order valence-electron chi connectivity index (χ4n) is 2.01. The highest BCUT2D eigenvalue weighted by atomic mass is 16.2. The van der Waals surface area contributed by atoms with E-state index in [0.717, 1.165) is 31.5 Å². The first-order valence-electron chi connectivity index (χ1n) is 6.10. The van der Waals surface area contributed by atoms with Crippen LogP contribution in [0.1, 0.15) is 18.5 Å². The van der Waals surface area contributed by atoms with Gasteiger partial charge in [-0.25, -0.2) is 0 Å². The van der Waals surface area contributed by atoms with E-state index in [1.807, 2.05) is 25.2 Å². The molecule has 0 spiro atoms. The van der Waals surface area contributed by atoms with Crippen molar-refractivity contribution in [2.75, 3.05) is 20.1 Å². The van der Waals surface area contributed by atoms with Crippen molar-refractivity contribution in [1.29, 1.82) is 0 Å². The Labute approximate surface area is 102 Å². The van der Waals surface area contributed by atoms with E-state index in [0.29, 0.717) is 6.54 Å². The summed E-state index contributed by atoms with van der Waals surface area (Å²) in [5.74, 6) is 0.183. The number of amides is 1. The molecular formula is C13H19N3O. The van der Waals surface area contributed by atoms with Gasteiger partial charge in [-0.15, -0.1) is 0 Å². The Bertz CT molecular complexity index is 374. The zero-order valence-electron chi connectivity index (χ0n) is 10.2. The Morgan fingerprint density at radius 1 is 1.47 bits per heavy atom. The largest absolute Gasteiger partial charge is 0.355 e. The van der Waals surface area contributed by atoms with Crippen molar-refractivity contribution in [1.82, 2.24) is 15.6 Å². The second-order valence-electron chi connectivity index (χ2n) is 4.64. The summed E-state index contributed by atoms with van der Waals surface area (Å²) >= 11 is 0. The predicted octanol–water partition coefficient (Wildman–Crippen LogP) is 0.740. The number of carbonyl (C=O) groups excluding carboxylic acids is 1. The van der Waals surface area contributed by atoms with Gasteiger partial charge in [0.1, 0.15) is 0 Å². The molecule has 4 nitrogen and oxygen atoms in total. The van der Waals surface area contributed by atoms with E-state index < -0.39 is 0 Å². The molecule has 0 aromatic carbocycles. The average Bonchev–Trinajstić information content (AvgIpc) is 3.12. The molecule has 0 unspecified atom stereocenters. The highest BCUT2D eigenvalue weighted by molar-refractivity contribution is 5.85. The maximum absolute atomic E-state index is 11.9. The fraction of sp³-hybridized carbons (Fsp3) is 0.538. The Morgan fingerprint density at radius 2 is 2.29 bits per heavy atom. The summed E-state index contributed by atoms with van der Waals surface area (Å²) in [5.41, 5.74) is 0.894. The molecule has 0 atom stereocenters. The Balaban J connectivity index is 1.74. The molecule has 1 saturated carbocycles. The van der Waals surface area contributed by atoms with Gasteiger partial charge in [-0.2, -0.15) is 0 Å². The third kappa shape index (κ3) is 3.03. The Morgan fingerprint density at radius 3 is 2.88 bits per heavy atom. The van der Waals surface area contributed by atoms with Crippen molar-refractivity contribution in [3.05, 3.63) is 30.1 Å². The van der Waals surface area contributed by atoms with Crippen LogP contribution in [0, 0.1) is 5.41 Å². The molecule has 1 aliphatic rings. The maximum atomic E-state index is 11.9. The topological polar surface area (TPSA) is 54.0 Å². The molecule has 17 heavy (non-hydrogen) atoms. The molecule has 2 N–H and O–H groups in total. The standard InChI is InChI=1S/C13H19N3O/c1-14-10-13(6-7-13)12(17)16-9-5-11-4-2-3-8-15-11/h2-4,8,14H,5-7,9-10H2,1H3,(H,16,17). The van der Waals surface area contributed by atoms with Crippen LogP contribution in [-0.2, 0) is 11.2 Å². The first-order chi connectivity index (χ1) is 8.27. The molecular weight excluding hydrogens is 214 g/mol. The van der Waals surface area contributed by atoms with Gasteiger partial charge in [-0.3, -0.25) is 9.78 Å². The van der Waals surface area contributed by atoms with Gasteiger partial charge >= 0.3 is 0 Å². The number of nitrogens with zero attached hydrogens (tertiary/aromatic N) is 1. The number of hydrogen-bond acceptors (Lipinski definition) is 3. The van der Waals surface area contributed by atoms with Crippen molar-refractivity contribution in [2.45, 2.75) is 19.3 Å². The average molecular weight is 233 g/mol. The first-order valence-corrected chi connectivity index (χ1v) is 6.10. The van der Waals surface area contributed by atoms with E-state index in [-0.39, 0.29) is 11.3 Å². The monoisotopic (exact) mass is 233 g/mol. The van der Waals surface area contributed by atoms with Crippen LogP contribution in [-0.4, -0.2) is 31.0 Å².